The Balaban J connectivity index is 0.00000110. The average Bonchev–Trinajstić information content (AvgIpc) is 2.95. The van der Waals surface area contributed by atoms with E-state index in [-0.39, 0.29) is 30.7 Å². The van der Waals surface area contributed by atoms with E-state index in [1.807, 2.05) is 0 Å². The lowest BCUT2D eigenvalue weighted by atomic mass is 10.0. The first kappa shape index (κ1) is 19.0. The number of hydrogen-bond acceptors (Lipinski definition) is 3. The molecular weight excluding hydrogens is 309 g/mol. The largest absolute Gasteiger partial charge is 0.356 e. The molecule has 124 valence electrons. The first-order valence-corrected chi connectivity index (χ1v) is 8.02. The molecule has 2 heterocycles. The smallest absolute Gasteiger partial charge is 0.220 e. The maximum atomic E-state index is 11.8. The highest BCUT2D eigenvalue weighted by molar-refractivity contribution is 5.85. The van der Waals surface area contributed by atoms with E-state index in [9.17, 15) is 4.79 Å². The quantitative estimate of drug-likeness (QED) is 0.777. The second kappa shape index (κ2) is 9.19. The standard InChI is InChI=1S/C15H27N3O.2ClH/c19-15(4-1-12-5-7-16-9-12)17-10-13-6-8-18(11-13)14-2-3-14;;/h12-14,16H,1-11H2,(H,17,19);2*1H. The third kappa shape index (κ3) is 5.93. The molecule has 2 aliphatic heterocycles. The number of carbonyl (C=O) groups is 1. The topological polar surface area (TPSA) is 44.4 Å². The summed E-state index contributed by atoms with van der Waals surface area (Å²) in [7, 11) is 0. The van der Waals surface area contributed by atoms with Crippen LogP contribution >= 0.6 is 24.8 Å². The van der Waals surface area contributed by atoms with Crippen molar-refractivity contribution in [3.05, 3.63) is 0 Å². The van der Waals surface area contributed by atoms with E-state index in [1.165, 1.54) is 38.8 Å². The Morgan fingerprint density at radius 3 is 2.62 bits per heavy atom. The van der Waals surface area contributed by atoms with Crippen LogP contribution in [-0.2, 0) is 4.79 Å². The molecule has 0 bridgehead atoms. The average molecular weight is 338 g/mol. The summed E-state index contributed by atoms with van der Waals surface area (Å²) in [5, 5.41) is 6.50. The first-order valence-electron chi connectivity index (χ1n) is 8.02. The molecule has 1 saturated carbocycles. The summed E-state index contributed by atoms with van der Waals surface area (Å²) < 4.78 is 0. The summed E-state index contributed by atoms with van der Waals surface area (Å²) in [6.07, 6.45) is 7.07. The van der Waals surface area contributed by atoms with Gasteiger partial charge in [-0.3, -0.25) is 4.79 Å². The van der Waals surface area contributed by atoms with Crippen molar-refractivity contribution in [1.29, 1.82) is 0 Å². The molecule has 1 aliphatic carbocycles. The molecule has 0 aromatic heterocycles. The first-order chi connectivity index (χ1) is 9.31. The van der Waals surface area contributed by atoms with Crippen LogP contribution in [0.1, 0.15) is 38.5 Å². The number of halogens is 2. The molecule has 1 amide bonds. The van der Waals surface area contributed by atoms with E-state index in [2.05, 4.69) is 15.5 Å². The van der Waals surface area contributed by atoms with Crippen LogP contribution in [0.25, 0.3) is 0 Å². The zero-order valence-corrected chi connectivity index (χ0v) is 14.3. The fraction of sp³-hybridized carbons (Fsp3) is 0.933. The van der Waals surface area contributed by atoms with Gasteiger partial charge in [-0.2, -0.15) is 0 Å². The summed E-state index contributed by atoms with van der Waals surface area (Å²) in [6.45, 7) is 5.58. The van der Waals surface area contributed by atoms with Crippen molar-refractivity contribution >= 4 is 30.7 Å². The van der Waals surface area contributed by atoms with Crippen molar-refractivity contribution in [2.24, 2.45) is 11.8 Å². The summed E-state index contributed by atoms with van der Waals surface area (Å²) in [6, 6.07) is 0.885. The monoisotopic (exact) mass is 337 g/mol. The molecule has 2 N–H and O–H groups in total. The molecule has 3 rings (SSSR count). The van der Waals surface area contributed by atoms with Crippen LogP contribution in [0.4, 0.5) is 0 Å². The molecular formula is C15H29Cl2N3O. The lowest BCUT2D eigenvalue weighted by Crippen LogP contribution is -2.31. The number of hydrogen-bond donors (Lipinski definition) is 2. The van der Waals surface area contributed by atoms with E-state index in [1.54, 1.807) is 0 Å². The Hall–Kier alpha value is -0.0300. The van der Waals surface area contributed by atoms with E-state index >= 15 is 0 Å². The van der Waals surface area contributed by atoms with Gasteiger partial charge in [0.15, 0.2) is 0 Å². The van der Waals surface area contributed by atoms with Gasteiger partial charge in [0.05, 0.1) is 0 Å². The van der Waals surface area contributed by atoms with Crippen LogP contribution in [0, 0.1) is 11.8 Å². The van der Waals surface area contributed by atoms with Gasteiger partial charge in [-0.15, -0.1) is 24.8 Å². The minimum absolute atomic E-state index is 0. The molecule has 21 heavy (non-hydrogen) atoms. The second-order valence-electron chi connectivity index (χ2n) is 6.58. The summed E-state index contributed by atoms with van der Waals surface area (Å²) in [5.41, 5.74) is 0. The Kier molecular flexibility index (Phi) is 8.32. The van der Waals surface area contributed by atoms with Gasteiger partial charge in [-0.25, -0.2) is 0 Å². The molecule has 3 aliphatic rings. The third-order valence-electron chi connectivity index (χ3n) is 4.91. The molecule has 6 heteroatoms. The fourth-order valence-corrected chi connectivity index (χ4v) is 3.44. The van der Waals surface area contributed by atoms with Gasteiger partial charge in [-0.1, -0.05) is 0 Å². The summed E-state index contributed by atoms with van der Waals surface area (Å²) >= 11 is 0. The SMILES string of the molecule is Cl.Cl.O=C(CCC1CCNC1)NCC1CCN(C2CC2)C1. The van der Waals surface area contributed by atoms with Crippen molar-refractivity contribution in [2.75, 3.05) is 32.7 Å². The Morgan fingerprint density at radius 2 is 1.95 bits per heavy atom. The predicted molar refractivity (Wildman–Crippen MR) is 90.4 cm³/mol. The molecule has 2 unspecified atom stereocenters. The predicted octanol–water partition coefficient (Wildman–Crippen LogP) is 1.82. The number of likely N-dealkylation sites (tertiary alicyclic amines) is 1. The van der Waals surface area contributed by atoms with Crippen molar-refractivity contribution in [3.63, 3.8) is 0 Å². The van der Waals surface area contributed by atoms with Crippen molar-refractivity contribution < 1.29 is 4.79 Å². The number of rotatable bonds is 6. The van der Waals surface area contributed by atoms with Crippen molar-refractivity contribution in [2.45, 2.75) is 44.6 Å². The number of carbonyl (C=O) groups excluding carboxylic acids is 1. The maximum absolute atomic E-state index is 11.8. The maximum Gasteiger partial charge on any atom is 0.220 e. The minimum atomic E-state index is 0. The van der Waals surface area contributed by atoms with E-state index in [0.29, 0.717) is 12.3 Å². The lowest BCUT2D eigenvalue weighted by Gasteiger charge is -2.15. The number of nitrogens with one attached hydrogen (secondary N) is 2. The zero-order valence-electron chi connectivity index (χ0n) is 12.7. The van der Waals surface area contributed by atoms with E-state index < -0.39 is 0 Å². The van der Waals surface area contributed by atoms with Crippen LogP contribution in [0.15, 0.2) is 0 Å². The van der Waals surface area contributed by atoms with Gasteiger partial charge < -0.3 is 15.5 Å². The fourth-order valence-electron chi connectivity index (χ4n) is 3.44. The molecule has 0 spiro atoms. The summed E-state index contributed by atoms with van der Waals surface area (Å²) in [5.74, 6) is 1.68. The normalized spacial score (nSPS) is 28.8. The van der Waals surface area contributed by atoms with Gasteiger partial charge in [0.25, 0.3) is 0 Å². The molecule has 2 saturated heterocycles. The van der Waals surface area contributed by atoms with Crippen LogP contribution in [0.5, 0.6) is 0 Å². The minimum Gasteiger partial charge on any atom is -0.356 e. The summed E-state index contributed by atoms with van der Waals surface area (Å²) in [4.78, 5) is 14.5. The van der Waals surface area contributed by atoms with Gasteiger partial charge in [0, 0.05) is 25.6 Å². The van der Waals surface area contributed by atoms with E-state index in [0.717, 1.165) is 38.0 Å². The lowest BCUT2D eigenvalue weighted by molar-refractivity contribution is -0.121. The Bertz CT molecular complexity index is 320. The number of nitrogens with zero attached hydrogens (tertiary/aromatic N) is 1. The van der Waals surface area contributed by atoms with Crippen LogP contribution in [-0.4, -0.2) is 49.6 Å². The third-order valence-corrected chi connectivity index (χ3v) is 4.91. The molecule has 3 fully saturated rings. The highest BCUT2D eigenvalue weighted by Crippen LogP contribution is 2.31. The number of amides is 1. The van der Waals surface area contributed by atoms with Gasteiger partial charge >= 0.3 is 0 Å². The molecule has 0 radical (unpaired) electrons. The van der Waals surface area contributed by atoms with Crippen molar-refractivity contribution in [1.82, 2.24) is 15.5 Å². The molecule has 0 aromatic rings. The molecule has 2 atom stereocenters. The van der Waals surface area contributed by atoms with Gasteiger partial charge in [0.1, 0.15) is 0 Å². The Labute approximate surface area is 140 Å². The highest BCUT2D eigenvalue weighted by atomic mass is 35.5. The second-order valence-corrected chi connectivity index (χ2v) is 6.58. The van der Waals surface area contributed by atoms with Crippen LogP contribution in [0.2, 0.25) is 0 Å². The molecule has 4 nitrogen and oxygen atoms in total. The Morgan fingerprint density at radius 1 is 1.14 bits per heavy atom. The van der Waals surface area contributed by atoms with E-state index in [4.69, 9.17) is 0 Å². The van der Waals surface area contributed by atoms with Crippen LogP contribution < -0.4 is 10.6 Å². The zero-order chi connectivity index (χ0) is 13.1. The van der Waals surface area contributed by atoms with Gasteiger partial charge in [-0.05, 0) is 63.6 Å². The molecule has 0 aromatic carbocycles. The van der Waals surface area contributed by atoms with Crippen LogP contribution in [0.3, 0.4) is 0 Å². The van der Waals surface area contributed by atoms with Crippen molar-refractivity contribution in [3.8, 4) is 0 Å². The highest BCUT2D eigenvalue weighted by Gasteiger charge is 2.34. The van der Waals surface area contributed by atoms with Gasteiger partial charge in [0.2, 0.25) is 5.91 Å².